The van der Waals surface area contributed by atoms with Gasteiger partial charge in [0, 0.05) is 8.41 Å². The van der Waals surface area contributed by atoms with Gasteiger partial charge in [-0.1, -0.05) is 38.2 Å². The zero-order valence-corrected chi connectivity index (χ0v) is 26.1. The molecule has 0 unspecified atom stereocenters. The quantitative estimate of drug-likeness (QED) is 0.0632. The molecule has 3 aromatic rings. The first-order valence-electron chi connectivity index (χ1n) is 10.6. The monoisotopic (exact) mass is 724 g/mol. The minimum absolute atomic E-state index is 0. The molecule has 1 aliphatic rings. The molecular weight excluding hydrogens is 706 g/mol. The summed E-state index contributed by atoms with van der Waals surface area (Å²) < 4.78 is 120. The summed E-state index contributed by atoms with van der Waals surface area (Å²) in [5, 5.41) is 1.62. The maximum absolute atomic E-state index is 12.0. The van der Waals surface area contributed by atoms with E-state index in [0.29, 0.717) is 5.92 Å². The Morgan fingerprint density at radius 1 is 0.659 bits per heavy atom. The summed E-state index contributed by atoms with van der Waals surface area (Å²) in [7, 11) is 0.0810. The number of halogens is 12. The molecule has 41 heavy (non-hydrogen) atoms. The van der Waals surface area contributed by atoms with Crippen LogP contribution < -0.4 is 5.30 Å². The van der Waals surface area contributed by atoms with Crippen LogP contribution in [-0.4, -0.2) is 20.7 Å². The van der Waals surface area contributed by atoms with Gasteiger partial charge in [-0.25, -0.2) is 38.5 Å². The van der Waals surface area contributed by atoms with Crippen molar-refractivity contribution >= 4 is 46.5 Å². The average molecular weight is 726 g/mol. The van der Waals surface area contributed by atoms with Gasteiger partial charge >= 0.3 is 26.2 Å². The van der Waals surface area contributed by atoms with Crippen LogP contribution in [0.25, 0.3) is 0 Å². The average Bonchev–Trinajstić information content (AvgIpc) is 3.58. The topological polar surface area (TPSA) is 0 Å². The molecule has 0 fully saturated rings. The Kier molecular flexibility index (Phi) is 21.9. The fourth-order valence-corrected chi connectivity index (χ4v) is 5.20. The maximum atomic E-state index is 12.0. The largest absolute Gasteiger partial charge is 3.00 e. The first-order chi connectivity index (χ1) is 17.4. The van der Waals surface area contributed by atoms with Gasteiger partial charge in [-0.15, -0.1) is 55.7 Å². The molecule has 0 aromatic heterocycles. The Morgan fingerprint density at radius 3 is 1.32 bits per heavy atom. The van der Waals surface area contributed by atoms with E-state index < -0.39 is 58.2 Å². The van der Waals surface area contributed by atoms with Gasteiger partial charge in [0.2, 0.25) is 0 Å². The number of allylic oxidation sites excluding steroid dienone is 4. The molecule has 0 aliphatic heterocycles. The third kappa shape index (κ3) is 11.3. The predicted octanol–water partition coefficient (Wildman–Crippen LogP) is 8.59. The van der Waals surface area contributed by atoms with Crippen molar-refractivity contribution in [1.82, 2.24) is 0 Å². The van der Waals surface area contributed by atoms with Crippen LogP contribution in [0.2, 0.25) is 0 Å². The summed E-state index contributed by atoms with van der Waals surface area (Å²) in [5.74, 6) is -19.6. The van der Waals surface area contributed by atoms with Crippen LogP contribution in [0.3, 0.4) is 0 Å². The Balaban J connectivity index is -0.000000513. The second-order valence-corrected chi connectivity index (χ2v) is 10.1. The van der Waals surface area contributed by atoms with Gasteiger partial charge in [-0.2, -0.15) is 6.07 Å². The van der Waals surface area contributed by atoms with Crippen LogP contribution in [-0.2, 0) is 26.2 Å². The minimum atomic E-state index is -2.17. The number of hydrogen-bond acceptors (Lipinski definition) is 0. The van der Waals surface area contributed by atoms with Crippen molar-refractivity contribution in [3.8, 4) is 0 Å². The molecule has 4 rings (SSSR count). The summed E-state index contributed by atoms with van der Waals surface area (Å²) >= 11 is 0. The molecule has 0 atom stereocenters. The Bertz CT molecular complexity index is 1170. The van der Waals surface area contributed by atoms with E-state index in [0.717, 1.165) is 12.1 Å². The fourth-order valence-electron chi connectivity index (χ4n) is 3.19. The molecule has 4 radical (unpaired) electrons. The number of rotatable bonds is 4. The molecule has 0 heterocycles. The van der Waals surface area contributed by atoms with Crippen molar-refractivity contribution in [2.45, 2.75) is 19.8 Å². The van der Waals surface area contributed by atoms with Crippen LogP contribution in [0.4, 0.5) is 43.9 Å². The van der Waals surface area contributed by atoms with Crippen LogP contribution in [0.5, 0.6) is 0 Å². The van der Waals surface area contributed by atoms with E-state index in [1.165, 1.54) is 17.9 Å². The van der Waals surface area contributed by atoms with Crippen molar-refractivity contribution in [3.05, 3.63) is 118 Å². The second kappa shape index (κ2) is 20.4. The van der Waals surface area contributed by atoms with Gasteiger partial charge in [0.15, 0.2) is 0 Å². The summed E-state index contributed by atoms with van der Waals surface area (Å²) in [6.45, 7) is 4.62. The van der Waals surface area contributed by atoms with Gasteiger partial charge in [0.25, 0.3) is 0 Å². The molecule has 15 heteroatoms. The third-order valence-electron chi connectivity index (χ3n) is 5.02. The summed E-state index contributed by atoms with van der Waals surface area (Å²) in [4.78, 5) is 0. The van der Waals surface area contributed by atoms with E-state index in [1.807, 2.05) is 0 Å². The molecule has 0 saturated carbocycles. The summed E-state index contributed by atoms with van der Waals surface area (Å²) in [5.41, 5.74) is 1.54. The van der Waals surface area contributed by atoms with Crippen molar-refractivity contribution in [1.29, 1.82) is 0 Å². The van der Waals surface area contributed by atoms with Crippen LogP contribution in [0.1, 0.15) is 25.3 Å². The summed E-state index contributed by atoms with van der Waals surface area (Å²) in [6, 6.07) is 8.88. The van der Waals surface area contributed by atoms with Gasteiger partial charge in [-0.05, 0) is 18.2 Å². The Labute approximate surface area is 265 Å². The fraction of sp³-hybridized carbons (Fsp3) is 0.192. The van der Waals surface area contributed by atoms with E-state index >= 15 is 0 Å². The van der Waals surface area contributed by atoms with Gasteiger partial charge < -0.3 is 0 Å². The van der Waals surface area contributed by atoms with Crippen LogP contribution >= 0.6 is 32.7 Å². The smallest absolute Gasteiger partial charge is 0.278 e. The van der Waals surface area contributed by atoms with Gasteiger partial charge in [-0.3, -0.25) is 17.6 Å². The molecular formula is C26H20BCl2F10PZr. The molecule has 1 aliphatic carbocycles. The van der Waals surface area contributed by atoms with Crippen molar-refractivity contribution < 1.29 is 70.1 Å². The van der Waals surface area contributed by atoms with Crippen molar-refractivity contribution in [2.75, 3.05) is 12.3 Å². The van der Waals surface area contributed by atoms with E-state index in [2.05, 4.69) is 56.4 Å². The standard InChI is InChI=1S/C14H18P.2C6F5.B.2ClH.Zr/c1-3-15(4-2)14-11-7-10-13(14)12-8-5-6-9-12;2*7-2-1-3(8)5(10)6(11)4(2)9;;;;/h5-12H,3-4H2,1-2H3;;;;2*1H;/q3*-1;;;;+3. The number of benzene rings is 2. The van der Waals surface area contributed by atoms with Gasteiger partial charge in [0.1, 0.15) is 0 Å². The molecule has 0 nitrogen and oxygen atoms in total. The Hall–Kier alpha value is -1.47. The SMILES string of the molecule is CCP(CC)c1ccc[c-]1C1C=CC=C1.Cl.Cl.Fc1[c-]c(F)c(F)c(F)c1F.Fc1[c-]c(F)c(F)c(F)c1F.[B].[Zr+3]. The molecule has 0 saturated heterocycles. The van der Waals surface area contributed by atoms with E-state index in [9.17, 15) is 43.9 Å². The van der Waals surface area contributed by atoms with E-state index in [1.54, 1.807) is 5.30 Å². The van der Waals surface area contributed by atoms with E-state index in [-0.39, 0.29) is 67.4 Å². The maximum Gasteiger partial charge on any atom is 3.00 e. The number of hydrogen-bond donors (Lipinski definition) is 0. The van der Waals surface area contributed by atoms with Crippen molar-refractivity contribution in [3.63, 3.8) is 0 Å². The molecule has 0 bridgehead atoms. The van der Waals surface area contributed by atoms with Gasteiger partial charge in [0.05, 0.1) is 58.2 Å². The zero-order chi connectivity index (χ0) is 27.9. The second-order valence-electron chi connectivity index (χ2n) is 7.22. The Morgan fingerprint density at radius 2 is 1.00 bits per heavy atom. The zero-order valence-electron chi connectivity index (χ0n) is 21.2. The van der Waals surface area contributed by atoms with Crippen molar-refractivity contribution in [2.24, 2.45) is 0 Å². The van der Waals surface area contributed by atoms with Crippen LogP contribution in [0.15, 0.2) is 42.5 Å². The summed E-state index contributed by atoms with van der Waals surface area (Å²) in [6.07, 6.45) is 11.5. The molecule has 0 amide bonds. The van der Waals surface area contributed by atoms with Crippen LogP contribution in [0, 0.1) is 70.3 Å². The van der Waals surface area contributed by atoms with E-state index in [4.69, 9.17) is 0 Å². The minimum Gasteiger partial charge on any atom is -0.278 e. The normalized spacial score (nSPS) is 11.2. The third-order valence-corrected chi connectivity index (χ3v) is 7.63. The predicted molar refractivity (Wildman–Crippen MR) is 141 cm³/mol. The molecule has 3 aromatic carbocycles. The first-order valence-corrected chi connectivity index (χ1v) is 12.3. The molecule has 0 spiro atoms. The molecule has 0 N–H and O–H groups in total. The molecule has 220 valence electrons. The first kappa shape index (κ1) is 44.0.